The third-order valence-corrected chi connectivity index (χ3v) is 2.18. The fraction of sp³-hybridized carbons (Fsp3) is 0.750. The van der Waals surface area contributed by atoms with Crippen molar-refractivity contribution in [3.05, 3.63) is 0 Å². The summed E-state index contributed by atoms with van der Waals surface area (Å²) in [7, 11) is 0. The first-order valence-electron chi connectivity index (χ1n) is 11.0. The number of carbonyl (C=O) groups is 6. The number of carboxylic acid groups (broad SMARTS) is 3. The number of Topliss-reactive ketones (excluding diaryl/α,β-unsaturated/α-hetero) is 3. The number of hydrogen-bond acceptors (Lipinski definition) is 12. The van der Waals surface area contributed by atoms with Crippen LogP contribution < -0.4 is 30.6 Å². The van der Waals surface area contributed by atoms with E-state index < -0.39 is 37.2 Å². The van der Waals surface area contributed by atoms with Crippen LogP contribution in [0.2, 0.25) is 0 Å². The number of hydrogen-bond donors (Lipinski definition) is 0. The van der Waals surface area contributed by atoms with E-state index in [4.69, 9.17) is 0 Å². The van der Waals surface area contributed by atoms with Crippen LogP contribution in [0, 0.1) is 17.8 Å². The van der Waals surface area contributed by atoms with Crippen LogP contribution in [0.1, 0.15) is 81.6 Å². The van der Waals surface area contributed by atoms with Gasteiger partial charge in [0.2, 0.25) is 0 Å². The summed E-state index contributed by atoms with van der Waals surface area (Å²) in [5, 5.41) is 57.3. The molecule has 0 aliphatic rings. The zero-order valence-corrected chi connectivity index (χ0v) is 26.3. The minimum Gasteiger partial charge on any atom is -0.854 e. The van der Waals surface area contributed by atoms with Crippen molar-refractivity contribution < 1.29 is 59.4 Å². The molecule has 0 aromatic rings. The fourth-order valence-corrected chi connectivity index (χ4v) is 0.610. The van der Waals surface area contributed by atoms with Crippen molar-refractivity contribution in [3.8, 4) is 0 Å². The van der Waals surface area contributed by atoms with E-state index in [0.717, 1.165) is 0 Å². The molecule has 0 N–H and O–H groups in total. The average Bonchev–Trinajstić information content (AvgIpc) is 2.67. The van der Waals surface area contributed by atoms with E-state index in [-0.39, 0.29) is 71.9 Å². The Bertz CT molecular complexity index is 476. The quantitative estimate of drug-likeness (QED) is 0.186. The second kappa shape index (κ2) is 42.5. The summed E-state index contributed by atoms with van der Waals surface area (Å²) in [5.74, 6) is -4.08. The molecule has 0 radical (unpaired) electrons. The van der Waals surface area contributed by atoms with Crippen molar-refractivity contribution in [2.75, 3.05) is 19.8 Å². The Balaban J connectivity index is -0.0000000472. The van der Waals surface area contributed by atoms with Crippen LogP contribution in [0.25, 0.3) is 0 Å². The maximum absolute atomic E-state index is 9.83. The van der Waals surface area contributed by atoms with Gasteiger partial charge in [-0.15, -0.1) is 19.8 Å². The maximum atomic E-state index is 9.83. The van der Waals surface area contributed by atoms with E-state index in [0.29, 0.717) is 17.8 Å². The Labute approximate surface area is 248 Å². The zero-order valence-electron chi connectivity index (χ0n) is 24.0. The summed E-state index contributed by atoms with van der Waals surface area (Å²) >= 11 is 0. The van der Waals surface area contributed by atoms with Gasteiger partial charge in [0.05, 0.1) is 0 Å². The van der Waals surface area contributed by atoms with E-state index in [2.05, 4.69) is 0 Å². The molecule has 14 heteroatoms. The molecule has 0 bridgehead atoms. The van der Waals surface area contributed by atoms with Crippen molar-refractivity contribution in [1.29, 1.82) is 0 Å². The van der Waals surface area contributed by atoms with E-state index in [1.807, 2.05) is 41.5 Å². The molecule has 38 heavy (non-hydrogen) atoms. The van der Waals surface area contributed by atoms with Gasteiger partial charge in [-0.25, -0.2) is 0 Å². The number of carboxylic acids is 3. The minimum absolute atomic E-state index is 0. The monoisotopic (exact) mass is 576 g/mol. The summed E-state index contributed by atoms with van der Waals surface area (Å²) in [6.45, 7) is 15.2. The first kappa shape index (κ1) is 56.5. The predicted octanol–water partition coefficient (Wildman–Crippen LogP) is -4.61. The van der Waals surface area contributed by atoms with Crippen molar-refractivity contribution in [2.24, 2.45) is 17.8 Å². The SMILES string of the molecule is CC(=O)CC(=O)[O-].CC(=O)CC(=O)[O-].CC(=O)CC(=O)[O-].CC(C)C[O-].CC(C)C[O-].CC(C)C[O-].[Al+3].[Al+3]. The Morgan fingerprint density at radius 3 is 0.553 bits per heavy atom. The summed E-state index contributed by atoms with van der Waals surface area (Å²) in [6, 6.07) is 0. The maximum Gasteiger partial charge on any atom is 3.00 e. The van der Waals surface area contributed by atoms with Gasteiger partial charge in [-0.3, -0.25) is 14.4 Å². The average molecular weight is 577 g/mol. The second-order valence-corrected chi connectivity index (χ2v) is 8.43. The number of rotatable bonds is 9. The third-order valence-electron chi connectivity index (χ3n) is 2.18. The van der Waals surface area contributed by atoms with Crippen molar-refractivity contribution >= 4 is 70.0 Å². The van der Waals surface area contributed by atoms with Crippen LogP contribution in [0.4, 0.5) is 0 Å². The van der Waals surface area contributed by atoms with Crippen molar-refractivity contribution in [3.63, 3.8) is 0 Å². The molecule has 0 spiro atoms. The Kier molecular flexibility index (Phi) is 63.2. The Morgan fingerprint density at radius 1 is 0.447 bits per heavy atom. The van der Waals surface area contributed by atoms with Gasteiger partial charge in [0.15, 0.2) is 0 Å². The van der Waals surface area contributed by atoms with Crippen molar-refractivity contribution in [2.45, 2.75) is 81.6 Å². The van der Waals surface area contributed by atoms with Crippen LogP contribution in [0.3, 0.4) is 0 Å². The van der Waals surface area contributed by atoms with Gasteiger partial charge in [0.1, 0.15) is 17.3 Å². The molecule has 0 saturated heterocycles. The van der Waals surface area contributed by atoms with E-state index in [1.165, 1.54) is 20.8 Å². The van der Waals surface area contributed by atoms with Crippen LogP contribution in [0.15, 0.2) is 0 Å². The van der Waals surface area contributed by atoms with Crippen LogP contribution >= 0.6 is 0 Å². The number of ketones is 3. The third kappa shape index (κ3) is 143. The molecular weight excluding hydrogens is 534 g/mol. The Hall–Kier alpha value is -1.64. The molecule has 0 aromatic carbocycles. The summed E-state index contributed by atoms with van der Waals surface area (Å²) < 4.78 is 0. The molecule has 0 unspecified atom stereocenters. The molecule has 0 aliphatic heterocycles. The number of aliphatic carboxylic acids is 3. The van der Waals surface area contributed by atoms with Gasteiger partial charge in [0.25, 0.3) is 0 Å². The van der Waals surface area contributed by atoms with Gasteiger partial charge in [-0.2, -0.15) is 0 Å². The zero-order chi connectivity index (χ0) is 30.4. The predicted molar refractivity (Wildman–Crippen MR) is 132 cm³/mol. The smallest absolute Gasteiger partial charge is 0.854 e. The van der Waals surface area contributed by atoms with Crippen LogP contribution in [-0.2, 0) is 28.8 Å². The van der Waals surface area contributed by atoms with Gasteiger partial charge in [0, 0.05) is 37.2 Å². The van der Waals surface area contributed by atoms with Gasteiger partial charge >= 0.3 is 34.7 Å². The van der Waals surface area contributed by atoms with Gasteiger partial charge < -0.3 is 45.0 Å². The van der Waals surface area contributed by atoms with Crippen LogP contribution in [-0.4, -0.2) is 89.8 Å². The first-order valence-corrected chi connectivity index (χ1v) is 11.0. The number of carbonyl (C=O) groups excluding carboxylic acids is 6. The molecular formula is C24H42Al2O12. The molecule has 0 amide bonds. The summed E-state index contributed by atoms with van der Waals surface area (Å²) in [5.41, 5.74) is 0. The standard InChI is InChI=1S/3C4H6O3.3C4H9O.2Al/c3*1-3(5)2-4(6)7;3*1-4(2)3-5;;/h3*2H2,1H3,(H,6,7);3*4H,3H2,1-2H3;;/q;;;3*-1;2*+3/p-3. The molecule has 0 saturated carbocycles. The van der Waals surface area contributed by atoms with E-state index in [9.17, 15) is 59.4 Å². The molecule has 0 atom stereocenters. The molecule has 0 aromatic heterocycles. The topological polar surface area (TPSA) is 241 Å². The summed E-state index contributed by atoms with van der Waals surface area (Å²) in [6.07, 6.45) is -1.42. The van der Waals surface area contributed by atoms with Gasteiger partial charge in [-0.1, -0.05) is 59.3 Å². The molecule has 0 fully saturated rings. The van der Waals surface area contributed by atoms with Crippen molar-refractivity contribution in [1.82, 2.24) is 0 Å². The molecule has 216 valence electrons. The summed E-state index contributed by atoms with van der Waals surface area (Å²) in [4.78, 5) is 57.9. The Morgan fingerprint density at radius 2 is 0.553 bits per heavy atom. The largest absolute Gasteiger partial charge is 3.00 e. The molecule has 0 rings (SSSR count). The van der Waals surface area contributed by atoms with E-state index in [1.54, 1.807) is 0 Å². The normalized spacial score (nSPS) is 8.29. The molecule has 0 heterocycles. The first-order chi connectivity index (χ1) is 16.2. The molecule has 12 nitrogen and oxygen atoms in total. The van der Waals surface area contributed by atoms with Gasteiger partial charge in [-0.05, 0) is 20.8 Å². The fourth-order valence-electron chi connectivity index (χ4n) is 0.610. The van der Waals surface area contributed by atoms with E-state index >= 15 is 0 Å². The van der Waals surface area contributed by atoms with Crippen LogP contribution in [0.5, 0.6) is 0 Å². The minimum atomic E-state index is -1.31. The second-order valence-electron chi connectivity index (χ2n) is 8.43. The molecule has 0 aliphatic carbocycles.